The molecule has 5 heteroatoms. The molecule has 0 radical (unpaired) electrons. The summed E-state index contributed by atoms with van der Waals surface area (Å²) >= 11 is 0. The van der Waals surface area contributed by atoms with Crippen molar-refractivity contribution in [1.29, 1.82) is 0 Å². The molecule has 1 heterocycles. The fraction of sp³-hybridized carbons (Fsp3) is 0.294. The van der Waals surface area contributed by atoms with Crippen LogP contribution < -0.4 is 10.6 Å². The largest absolute Gasteiger partial charge is 0.449 e. The zero-order valence-corrected chi connectivity index (χ0v) is 12.9. The van der Waals surface area contributed by atoms with Crippen LogP contribution >= 0.6 is 0 Å². The van der Waals surface area contributed by atoms with Crippen LogP contribution in [0.1, 0.15) is 19.4 Å². The molecule has 2 aromatic rings. The predicted octanol–water partition coefficient (Wildman–Crippen LogP) is 3.90. The summed E-state index contributed by atoms with van der Waals surface area (Å²) in [7, 11) is 0. The number of carbonyl (C=O) groups excluding carboxylic acids is 1. The van der Waals surface area contributed by atoms with Gasteiger partial charge < -0.3 is 10.1 Å². The third-order valence-electron chi connectivity index (χ3n) is 2.88. The summed E-state index contributed by atoms with van der Waals surface area (Å²) in [5.74, 6) is 0.318. The van der Waals surface area contributed by atoms with Gasteiger partial charge in [-0.1, -0.05) is 26.0 Å². The van der Waals surface area contributed by atoms with Gasteiger partial charge in [-0.25, -0.2) is 4.79 Å². The number of hydrogen-bond donors (Lipinski definition) is 2. The summed E-state index contributed by atoms with van der Waals surface area (Å²) < 4.78 is 5.10. The molecular formula is C17H21N3O2. The van der Waals surface area contributed by atoms with Crippen molar-refractivity contribution in [2.24, 2.45) is 5.92 Å². The zero-order chi connectivity index (χ0) is 15.8. The van der Waals surface area contributed by atoms with Crippen LogP contribution in [0, 0.1) is 5.92 Å². The number of benzene rings is 1. The van der Waals surface area contributed by atoms with Crippen LogP contribution in [0.3, 0.4) is 0 Å². The van der Waals surface area contributed by atoms with Crippen molar-refractivity contribution in [3.8, 4) is 0 Å². The molecule has 0 atom stereocenters. The van der Waals surface area contributed by atoms with Crippen LogP contribution in [0.5, 0.6) is 0 Å². The van der Waals surface area contributed by atoms with E-state index in [1.807, 2.05) is 56.4 Å². The van der Waals surface area contributed by atoms with Crippen LogP contribution in [0.4, 0.5) is 16.2 Å². The predicted molar refractivity (Wildman–Crippen MR) is 87.8 cm³/mol. The average molecular weight is 299 g/mol. The first-order valence-electron chi connectivity index (χ1n) is 7.30. The molecule has 0 saturated heterocycles. The summed E-state index contributed by atoms with van der Waals surface area (Å²) in [5.41, 5.74) is 2.72. The minimum Gasteiger partial charge on any atom is -0.449 e. The highest BCUT2D eigenvalue weighted by molar-refractivity contribution is 5.85. The maximum Gasteiger partial charge on any atom is 0.411 e. The monoisotopic (exact) mass is 299 g/mol. The molecule has 1 aromatic carbocycles. The van der Waals surface area contributed by atoms with E-state index >= 15 is 0 Å². The van der Waals surface area contributed by atoms with E-state index in [2.05, 4.69) is 15.6 Å². The van der Waals surface area contributed by atoms with Crippen LogP contribution in [0.2, 0.25) is 0 Å². The van der Waals surface area contributed by atoms with E-state index in [1.54, 1.807) is 6.20 Å². The number of anilines is 2. The fourth-order valence-electron chi connectivity index (χ4n) is 1.81. The molecule has 0 unspecified atom stereocenters. The molecule has 2 rings (SSSR count). The van der Waals surface area contributed by atoms with E-state index < -0.39 is 6.09 Å². The smallest absolute Gasteiger partial charge is 0.411 e. The molecule has 0 aliphatic heterocycles. The fourth-order valence-corrected chi connectivity index (χ4v) is 1.81. The van der Waals surface area contributed by atoms with E-state index in [1.165, 1.54) is 0 Å². The zero-order valence-electron chi connectivity index (χ0n) is 12.9. The Bertz CT molecular complexity index is 600. The minimum atomic E-state index is -0.432. The van der Waals surface area contributed by atoms with Crippen molar-refractivity contribution in [3.05, 3.63) is 54.4 Å². The second kappa shape index (κ2) is 8.02. The quantitative estimate of drug-likeness (QED) is 0.849. The highest BCUT2D eigenvalue weighted by Gasteiger charge is 2.05. The number of nitrogens with one attached hydrogen (secondary N) is 2. The van der Waals surface area contributed by atoms with Gasteiger partial charge in [-0.2, -0.15) is 0 Å². The molecule has 1 amide bonds. The lowest BCUT2D eigenvalue weighted by molar-refractivity contribution is 0.147. The maximum atomic E-state index is 11.6. The Hall–Kier alpha value is -2.56. The molecule has 0 saturated carbocycles. The summed E-state index contributed by atoms with van der Waals surface area (Å²) in [6, 6.07) is 11.4. The van der Waals surface area contributed by atoms with E-state index in [-0.39, 0.29) is 0 Å². The van der Waals surface area contributed by atoms with Crippen molar-refractivity contribution in [2.75, 3.05) is 17.2 Å². The third kappa shape index (κ3) is 5.44. The number of rotatable bonds is 6. The summed E-state index contributed by atoms with van der Waals surface area (Å²) in [4.78, 5) is 15.7. The lowest BCUT2D eigenvalue weighted by Gasteiger charge is -2.11. The van der Waals surface area contributed by atoms with Gasteiger partial charge >= 0.3 is 6.09 Å². The number of nitrogens with zero attached hydrogens (tertiary/aromatic N) is 1. The number of hydrogen-bond acceptors (Lipinski definition) is 4. The van der Waals surface area contributed by atoms with Crippen molar-refractivity contribution in [1.82, 2.24) is 4.98 Å². The van der Waals surface area contributed by atoms with E-state index in [4.69, 9.17) is 4.74 Å². The van der Waals surface area contributed by atoms with Gasteiger partial charge in [0.25, 0.3) is 0 Å². The third-order valence-corrected chi connectivity index (χ3v) is 2.88. The van der Waals surface area contributed by atoms with E-state index in [0.717, 1.165) is 11.3 Å². The average Bonchev–Trinajstić information content (AvgIpc) is 2.52. The number of amides is 1. The molecule has 0 spiro atoms. The van der Waals surface area contributed by atoms with Crippen molar-refractivity contribution >= 4 is 17.5 Å². The Morgan fingerprint density at radius 1 is 1.23 bits per heavy atom. The highest BCUT2D eigenvalue weighted by Crippen LogP contribution is 2.16. The Morgan fingerprint density at radius 3 is 2.77 bits per heavy atom. The molecule has 1 aromatic heterocycles. The molecule has 2 N–H and O–H groups in total. The molecular weight excluding hydrogens is 278 g/mol. The Labute approximate surface area is 130 Å². The van der Waals surface area contributed by atoms with Crippen molar-refractivity contribution in [2.45, 2.75) is 20.4 Å². The standard InChI is InChI=1S/C17H21N3O2/c1-13(2)12-22-17(21)20-16-7-3-6-15(9-16)19-11-14-5-4-8-18-10-14/h3-10,13,19H,11-12H2,1-2H3,(H,20,21). The molecule has 5 nitrogen and oxygen atoms in total. The molecule has 0 aliphatic rings. The lowest BCUT2D eigenvalue weighted by Crippen LogP contribution is -2.16. The number of carbonyl (C=O) groups is 1. The van der Waals surface area contributed by atoms with Gasteiger partial charge in [0.15, 0.2) is 0 Å². The SMILES string of the molecule is CC(C)COC(=O)Nc1cccc(NCc2cccnc2)c1. The second-order valence-corrected chi connectivity index (χ2v) is 5.41. The highest BCUT2D eigenvalue weighted by atomic mass is 16.5. The summed E-state index contributed by atoms with van der Waals surface area (Å²) in [6.45, 7) is 5.08. The van der Waals surface area contributed by atoms with Gasteiger partial charge in [-0.3, -0.25) is 10.3 Å². The second-order valence-electron chi connectivity index (χ2n) is 5.41. The Balaban J connectivity index is 1.88. The molecule has 0 aliphatic carbocycles. The number of ether oxygens (including phenoxy) is 1. The first-order chi connectivity index (χ1) is 10.6. The lowest BCUT2D eigenvalue weighted by atomic mass is 10.2. The topological polar surface area (TPSA) is 63.2 Å². The van der Waals surface area contributed by atoms with Crippen molar-refractivity contribution < 1.29 is 9.53 Å². The van der Waals surface area contributed by atoms with Gasteiger partial charge in [-0.15, -0.1) is 0 Å². The van der Waals surface area contributed by atoms with Crippen LogP contribution in [-0.2, 0) is 11.3 Å². The van der Waals surface area contributed by atoms with Crippen LogP contribution in [-0.4, -0.2) is 17.7 Å². The molecule has 116 valence electrons. The number of pyridine rings is 1. The first kappa shape index (κ1) is 15.8. The summed E-state index contributed by atoms with van der Waals surface area (Å²) in [5, 5.41) is 6.02. The molecule has 22 heavy (non-hydrogen) atoms. The summed E-state index contributed by atoms with van der Waals surface area (Å²) in [6.07, 6.45) is 3.13. The van der Waals surface area contributed by atoms with Crippen LogP contribution in [0.25, 0.3) is 0 Å². The van der Waals surface area contributed by atoms with Gasteiger partial charge in [0.05, 0.1) is 6.61 Å². The first-order valence-corrected chi connectivity index (χ1v) is 7.30. The minimum absolute atomic E-state index is 0.318. The van der Waals surface area contributed by atoms with Gasteiger partial charge in [-0.05, 0) is 35.7 Å². The molecule has 0 bridgehead atoms. The van der Waals surface area contributed by atoms with Gasteiger partial charge in [0.2, 0.25) is 0 Å². The number of aromatic nitrogens is 1. The van der Waals surface area contributed by atoms with E-state index in [0.29, 0.717) is 24.8 Å². The van der Waals surface area contributed by atoms with E-state index in [9.17, 15) is 4.79 Å². The van der Waals surface area contributed by atoms with Gasteiger partial charge in [0, 0.05) is 30.3 Å². The Kier molecular flexibility index (Phi) is 5.77. The normalized spacial score (nSPS) is 10.3. The maximum absolute atomic E-state index is 11.6. The Morgan fingerprint density at radius 2 is 2.05 bits per heavy atom. The molecule has 0 fully saturated rings. The van der Waals surface area contributed by atoms with Gasteiger partial charge in [0.1, 0.15) is 0 Å². The van der Waals surface area contributed by atoms with Crippen molar-refractivity contribution in [3.63, 3.8) is 0 Å². The van der Waals surface area contributed by atoms with Crippen LogP contribution in [0.15, 0.2) is 48.8 Å².